The van der Waals surface area contributed by atoms with E-state index in [-0.39, 0.29) is 0 Å². The van der Waals surface area contributed by atoms with Crippen molar-refractivity contribution in [3.63, 3.8) is 0 Å². The molecule has 1 heterocycles. The largest absolute Gasteiger partial charge is 0.461 e. The van der Waals surface area contributed by atoms with E-state index in [1.54, 1.807) is 0 Å². The summed E-state index contributed by atoms with van der Waals surface area (Å²) in [6, 6.07) is 16.6. The Labute approximate surface area is 106 Å². The Kier molecular flexibility index (Phi) is 2.52. The fraction of sp³-hybridized carbons (Fsp3) is 0.0588. The van der Waals surface area contributed by atoms with Gasteiger partial charge in [0.2, 0.25) is 0 Å². The number of hydrogen-bond donors (Lipinski definition) is 0. The summed E-state index contributed by atoms with van der Waals surface area (Å²) in [5.41, 5.74) is 4.42. The first kappa shape index (κ1) is 10.8. The van der Waals surface area contributed by atoms with Crippen LogP contribution in [0.2, 0.25) is 0 Å². The highest BCUT2D eigenvalue weighted by atomic mass is 16.3. The summed E-state index contributed by atoms with van der Waals surface area (Å²) in [4.78, 5) is 0. The first-order valence-electron chi connectivity index (χ1n) is 6.00. The molecule has 3 aromatic rings. The van der Waals surface area contributed by atoms with Gasteiger partial charge in [-0.05, 0) is 30.2 Å². The van der Waals surface area contributed by atoms with Crippen molar-refractivity contribution < 1.29 is 4.42 Å². The number of benzene rings is 2. The quantitative estimate of drug-likeness (QED) is 0.604. The van der Waals surface area contributed by atoms with Gasteiger partial charge in [-0.1, -0.05) is 49.1 Å². The maximum Gasteiger partial charge on any atom is 0.134 e. The minimum absolute atomic E-state index is 0.919. The molecule has 88 valence electrons. The third-order valence-electron chi connectivity index (χ3n) is 3.22. The summed E-state index contributed by atoms with van der Waals surface area (Å²) < 4.78 is 5.71. The molecule has 0 N–H and O–H groups in total. The molecule has 0 radical (unpaired) electrons. The van der Waals surface area contributed by atoms with Gasteiger partial charge < -0.3 is 4.42 Å². The van der Waals surface area contributed by atoms with E-state index in [4.69, 9.17) is 4.42 Å². The van der Waals surface area contributed by atoms with Crippen LogP contribution in [0.4, 0.5) is 0 Å². The Morgan fingerprint density at radius 1 is 1.00 bits per heavy atom. The van der Waals surface area contributed by atoms with Crippen molar-refractivity contribution in [3.05, 3.63) is 66.4 Å². The lowest BCUT2D eigenvalue weighted by Gasteiger charge is -2.01. The van der Waals surface area contributed by atoms with Crippen molar-refractivity contribution in [2.75, 3.05) is 0 Å². The lowest BCUT2D eigenvalue weighted by molar-refractivity contribution is 0.577. The second-order valence-electron chi connectivity index (χ2n) is 4.35. The summed E-state index contributed by atoms with van der Waals surface area (Å²) >= 11 is 0. The molecule has 0 aliphatic rings. The monoisotopic (exact) mass is 234 g/mol. The van der Waals surface area contributed by atoms with Crippen LogP contribution in [-0.2, 0) is 0 Å². The summed E-state index contributed by atoms with van der Waals surface area (Å²) in [5.74, 6) is 0.921. The molecule has 0 saturated heterocycles. The molecule has 0 unspecified atom stereocenters. The van der Waals surface area contributed by atoms with Crippen LogP contribution >= 0.6 is 0 Å². The fourth-order valence-electron chi connectivity index (χ4n) is 2.30. The van der Waals surface area contributed by atoms with Gasteiger partial charge in [0.25, 0.3) is 0 Å². The van der Waals surface area contributed by atoms with Crippen molar-refractivity contribution in [1.82, 2.24) is 0 Å². The van der Waals surface area contributed by atoms with Gasteiger partial charge >= 0.3 is 0 Å². The average Bonchev–Trinajstić information content (AvgIpc) is 2.74. The van der Waals surface area contributed by atoms with Crippen molar-refractivity contribution in [2.45, 2.75) is 6.92 Å². The molecule has 0 bridgehead atoms. The van der Waals surface area contributed by atoms with Crippen LogP contribution < -0.4 is 0 Å². The normalized spacial score (nSPS) is 10.7. The van der Waals surface area contributed by atoms with Crippen molar-refractivity contribution in [2.24, 2.45) is 0 Å². The van der Waals surface area contributed by atoms with Gasteiger partial charge in [0.05, 0.1) is 0 Å². The predicted octanol–water partition coefficient (Wildman–Crippen LogP) is 5.05. The number of fused-ring (bicyclic) bond motifs is 1. The number of aryl methyl sites for hydroxylation is 1. The van der Waals surface area contributed by atoms with Crippen LogP contribution in [-0.4, -0.2) is 0 Å². The topological polar surface area (TPSA) is 13.1 Å². The maximum absolute atomic E-state index is 5.71. The molecule has 1 nitrogen and oxygen atoms in total. The van der Waals surface area contributed by atoms with Crippen LogP contribution in [0.5, 0.6) is 0 Å². The van der Waals surface area contributed by atoms with Crippen LogP contribution in [0.15, 0.2) is 59.5 Å². The second kappa shape index (κ2) is 4.19. The molecular weight excluding hydrogens is 220 g/mol. The fourth-order valence-corrected chi connectivity index (χ4v) is 2.30. The third kappa shape index (κ3) is 1.65. The van der Waals surface area contributed by atoms with Gasteiger partial charge in [0, 0.05) is 10.9 Å². The smallest absolute Gasteiger partial charge is 0.134 e. The van der Waals surface area contributed by atoms with E-state index in [1.165, 1.54) is 11.1 Å². The highest BCUT2D eigenvalue weighted by molar-refractivity contribution is 5.91. The van der Waals surface area contributed by atoms with Crippen LogP contribution in [0.25, 0.3) is 28.2 Å². The Balaban J connectivity index is 2.25. The van der Waals surface area contributed by atoms with Gasteiger partial charge in [-0.2, -0.15) is 0 Å². The van der Waals surface area contributed by atoms with Crippen LogP contribution in [0, 0.1) is 6.92 Å². The number of rotatable bonds is 2. The Morgan fingerprint density at radius 3 is 2.50 bits per heavy atom. The highest BCUT2D eigenvalue weighted by Crippen LogP contribution is 2.30. The van der Waals surface area contributed by atoms with E-state index in [0.29, 0.717) is 0 Å². The molecule has 0 fully saturated rings. The van der Waals surface area contributed by atoms with Crippen molar-refractivity contribution >= 4 is 17.0 Å². The first-order valence-corrected chi connectivity index (χ1v) is 6.00. The van der Waals surface area contributed by atoms with E-state index >= 15 is 0 Å². The Bertz CT molecular complexity index is 705. The molecular formula is C17H14O. The predicted molar refractivity (Wildman–Crippen MR) is 76.5 cm³/mol. The minimum Gasteiger partial charge on any atom is -0.461 e. The molecule has 0 atom stereocenters. The summed E-state index contributed by atoms with van der Waals surface area (Å²) in [6.07, 6.45) is 1.86. The zero-order valence-corrected chi connectivity index (χ0v) is 10.3. The van der Waals surface area contributed by atoms with E-state index in [1.807, 2.05) is 25.1 Å². The second-order valence-corrected chi connectivity index (χ2v) is 4.35. The SMILES string of the molecule is C=Cc1c(C)oc2ccc(-c3ccccc3)cc12. The van der Waals surface area contributed by atoms with E-state index in [0.717, 1.165) is 22.3 Å². The molecule has 0 aliphatic carbocycles. The van der Waals surface area contributed by atoms with Gasteiger partial charge in [0.1, 0.15) is 11.3 Å². The number of hydrogen-bond acceptors (Lipinski definition) is 1. The molecule has 1 heteroatoms. The minimum atomic E-state index is 0.919. The molecule has 2 aromatic carbocycles. The van der Waals surface area contributed by atoms with E-state index < -0.39 is 0 Å². The van der Waals surface area contributed by atoms with Gasteiger partial charge in [-0.25, -0.2) is 0 Å². The molecule has 3 rings (SSSR count). The molecule has 0 saturated carbocycles. The Morgan fingerprint density at radius 2 is 1.78 bits per heavy atom. The van der Waals surface area contributed by atoms with Gasteiger partial charge in [-0.3, -0.25) is 0 Å². The zero-order valence-electron chi connectivity index (χ0n) is 10.3. The maximum atomic E-state index is 5.71. The standard InChI is InChI=1S/C17H14O/c1-3-15-12(2)18-17-10-9-14(11-16(15)17)13-7-5-4-6-8-13/h3-11H,1H2,2H3. The van der Waals surface area contributed by atoms with Gasteiger partial charge in [-0.15, -0.1) is 0 Å². The molecule has 0 amide bonds. The summed E-state index contributed by atoms with van der Waals surface area (Å²) in [5, 5.41) is 1.13. The van der Waals surface area contributed by atoms with E-state index in [2.05, 4.69) is 43.0 Å². The lowest BCUT2D eigenvalue weighted by atomic mass is 10.0. The molecule has 0 spiro atoms. The summed E-state index contributed by atoms with van der Waals surface area (Å²) in [6.45, 7) is 5.83. The highest BCUT2D eigenvalue weighted by Gasteiger charge is 2.09. The first-order chi connectivity index (χ1) is 8.79. The van der Waals surface area contributed by atoms with Gasteiger partial charge in [0.15, 0.2) is 0 Å². The lowest BCUT2D eigenvalue weighted by Crippen LogP contribution is -1.77. The summed E-state index contributed by atoms with van der Waals surface area (Å²) in [7, 11) is 0. The number of furan rings is 1. The molecule has 0 aliphatic heterocycles. The van der Waals surface area contributed by atoms with Crippen molar-refractivity contribution in [1.29, 1.82) is 0 Å². The van der Waals surface area contributed by atoms with Crippen LogP contribution in [0.1, 0.15) is 11.3 Å². The van der Waals surface area contributed by atoms with E-state index in [9.17, 15) is 0 Å². The Hall–Kier alpha value is -2.28. The van der Waals surface area contributed by atoms with Crippen LogP contribution in [0.3, 0.4) is 0 Å². The molecule has 1 aromatic heterocycles. The van der Waals surface area contributed by atoms with Crippen molar-refractivity contribution in [3.8, 4) is 11.1 Å². The average molecular weight is 234 g/mol. The third-order valence-corrected chi connectivity index (χ3v) is 3.22. The zero-order chi connectivity index (χ0) is 12.5. The molecule has 18 heavy (non-hydrogen) atoms.